The molecular formula is C10H15NO4S. The minimum Gasteiger partial charge on any atom is -0.480 e. The van der Waals surface area contributed by atoms with E-state index >= 15 is 0 Å². The van der Waals surface area contributed by atoms with Crippen LogP contribution in [0.25, 0.3) is 0 Å². The molecule has 2 rings (SSSR count). The number of carbonyl (C=O) groups excluding carboxylic acids is 1. The molecule has 0 aromatic rings. The van der Waals surface area contributed by atoms with Gasteiger partial charge in [0.05, 0.1) is 5.88 Å². The highest BCUT2D eigenvalue weighted by Crippen LogP contribution is 2.26. The molecule has 0 aromatic heterocycles. The lowest BCUT2D eigenvalue weighted by molar-refractivity contribution is -0.150. The average Bonchev–Trinajstić information content (AvgIpc) is 2.78. The molecule has 0 spiro atoms. The third kappa shape index (κ3) is 2.32. The van der Waals surface area contributed by atoms with Gasteiger partial charge >= 0.3 is 5.97 Å². The van der Waals surface area contributed by atoms with E-state index in [0.29, 0.717) is 37.7 Å². The summed E-state index contributed by atoms with van der Waals surface area (Å²) in [4.78, 5) is 24.6. The molecule has 2 fully saturated rings. The number of hydrogen-bond acceptors (Lipinski definition) is 4. The Morgan fingerprint density at radius 2 is 2.00 bits per heavy atom. The van der Waals surface area contributed by atoms with Crippen molar-refractivity contribution in [2.24, 2.45) is 5.92 Å². The molecule has 1 atom stereocenters. The smallest absolute Gasteiger partial charge is 0.327 e. The van der Waals surface area contributed by atoms with E-state index in [0.717, 1.165) is 0 Å². The number of carboxylic acid groups (broad SMARTS) is 1. The topological polar surface area (TPSA) is 66.8 Å². The second-order valence-electron chi connectivity index (χ2n) is 4.05. The SMILES string of the molecule is O=C(O)C1CSCN1C(=O)C1CCOCC1. The molecular weight excluding hydrogens is 230 g/mol. The van der Waals surface area contributed by atoms with Crippen molar-refractivity contribution in [2.45, 2.75) is 18.9 Å². The van der Waals surface area contributed by atoms with Gasteiger partial charge in [0.1, 0.15) is 6.04 Å². The molecule has 2 aliphatic rings. The van der Waals surface area contributed by atoms with Gasteiger partial charge in [-0.3, -0.25) is 4.79 Å². The maximum absolute atomic E-state index is 12.1. The first-order valence-corrected chi connectivity index (χ1v) is 6.54. The molecule has 16 heavy (non-hydrogen) atoms. The minimum absolute atomic E-state index is 0.0132. The molecule has 6 heteroatoms. The highest BCUT2D eigenvalue weighted by atomic mass is 32.2. The molecule has 2 aliphatic heterocycles. The predicted octanol–water partition coefficient (Wildman–Crippen LogP) is 0.399. The Bertz CT molecular complexity index is 291. The summed E-state index contributed by atoms with van der Waals surface area (Å²) in [6.07, 6.45) is 1.43. The van der Waals surface area contributed by atoms with E-state index < -0.39 is 12.0 Å². The van der Waals surface area contributed by atoms with Crippen molar-refractivity contribution in [2.75, 3.05) is 24.8 Å². The van der Waals surface area contributed by atoms with E-state index in [4.69, 9.17) is 9.84 Å². The van der Waals surface area contributed by atoms with Crippen LogP contribution in [0, 0.1) is 5.92 Å². The summed E-state index contributed by atoms with van der Waals surface area (Å²) in [5.41, 5.74) is 0. The molecule has 90 valence electrons. The summed E-state index contributed by atoms with van der Waals surface area (Å²) >= 11 is 1.50. The number of carbonyl (C=O) groups is 2. The monoisotopic (exact) mass is 245 g/mol. The number of ether oxygens (including phenoxy) is 1. The molecule has 0 bridgehead atoms. The zero-order valence-corrected chi connectivity index (χ0v) is 9.74. The molecule has 5 nitrogen and oxygen atoms in total. The van der Waals surface area contributed by atoms with Crippen LogP contribution in [-0.4, -0.2) is 52.8 Å². The van der Waals surface area contributed by atoms with Gasteiger partial charge in [0.2, 0.25) is 5.91 Å². The Hall–Kier alpha value is -0.750. The van der Waals surface area contributed by atoms with Gasteiger partial charge in [-0.2, -0.15) is 0 Å². The van der Waals surface area contributed by atoms with Crippen LogP contribution in [0.3, 0.4) is 0 Å². The first-order valence-electron chi connectivity index (χ1n) is 5.39. The summed E-state index contributed by atoms with van der Waals surface area (Å²) in [5, 5.41) is 9.00. The Morgan fingerprint density at radius 1 is 1.31 bits per heavy atom. The fraction of sp³-hybridized carbons (Fsp3) is 0.800. The minimum atomic E-state index is -0.898. The van der Waals surface area contributed by atoms with E-state index in [1.54, 1.807) is 0 Å². The van der Waals surface area contributed by atoms with Crippen LogP contribution < -0.4 is 0 Å². The van der Waals surface area contributed by atoms with E-state index in [1.807, 2.05) is 0 Å². The third-order valence-electron chi connectivity index (χ3n) is 3.02. The first kappa shape index (κ1) is 11.7. The Morgan fingerprint density at radius 3 is 2.62 bits per heavy atom. The van der Waals surface area contributed by atoms with Crippen molar-refractivity contribution in [3.63, 3.8) is 0 Å². The summed E-state index contributed by atoms with van der Waals surface area (Å²) in [6.45, 7) is 1.21. The van der Waals surface area contributed by atoms with Crippen LogP contribution in [0.4, 0.5) is 0 Å². The van der Waals surface area contributed by atoms with E-state index in [9.17, 15) is 9.59 Å². The molecule has 1 N–H and O–H groups in total. The van der Waals surface area contributed by atoms with E-state index in [-0.39, 0.29) is 11.8 Å². The molecule has 1 amide bonds. The van der Waals surface area contributed by atoms with E-state index in [1.165, 1.54) is 16.7 Å². The highest BCUT2D eigenvalue weighted by molar-refractivity contribution is 7.99. The molecule has 0 aliphatic carbocycles. The van der Waals surface area contributed by atoms with Crippen LogP contribution in [0.15, 0.2) is 0 Å². The van der Waals surface area contributed by atoms with Crippen molar-refractivity contribution in [3.8, 4) is 0 Å². The number of carboxylic acids is 1. The summed E-state index contributed by atoms with van der Waals surface area (Å²) in [6, 6.07) is -0.639. The van der Waals surface area contributed by atoms with Gasteiger partial charge in [-0.05, 0) is 12.8 Å². The lowest BCUT2D eigenvalue weighted by atomic mass is 9.98. The lowest BCUT2D eigenvalue weighted by Gasteiger charge is -2.28. The van der Waals surface area contributed by atoms with Crippen molar-refractivity contribution < 1.29 is 19.4 Å². The van der Waals surface area contributed by atoms with Crippen LogP contribution in [0.1, 0.15) is 12.8 Å². The van der Waals surface area contributed by atoms with Crippen molar-refractivity contribution >= 4 is 23.6 Å². The van der Waals surface area contributed by atoms with Gasteiger partial charge in [-0.15, -0.1) is 11.8 Å². The number of nitrogens with zero attached hydrogens (tertiary/aromatic N) is 1. The summed E-state index contributed by atoms with van der Waals surface area (Å²) in [7, 11) is 0. The lowest BCUT2D eigenvalue weighted by Crippen LogP contribution is -2.45. The van der Waals surface area contributed by atoms with Crippen molar-refractivity contribution in [3.05, 3.63) is 0 Å². The summed E-state index contributed by atoms with van der Waals surface area (Å²) < 4.78 is 5.19. The second-order valence-corrected chi connectivity index (χ2v) is 5.05. The maximum atomic E-state index is 12.1. The molecule has 0 saturated carbocycles. The zero-order chi connectivity index (χ0) is 11.5. The van der Waals surface area contributed by atoms with Gasteiger partial charge in [0, 0.05) is 24.9 Å². The highest BCUT2D eigenvalue weighted by Gasteiger charge is 2.37. The fourth-order valence-electron chi connectivity index (χ4n) is 2.04. The average molecular weight is 245 g/mol. The Kier molecular flexibility index (Phi) is 3.70. The van der Waals surface area contributed by atoms with Gasteiger partial charge in [0.15, 0.2) is 0 Å². The number of amides is 1. The molecule has 1 unspecified atom stereocenters. The number of aliphatic carboxylic acids is 1. The first-order chi connectivity index (χ1) is 7.70. The molecule has 2 saturated heterocycles. The van der Waals surface area contributed by atoms with Crippen LogP contribution in [-0.2, 0) is 14.3 Å². The van der Waals surface area contributed by atoms with Crippen molar-refractivity contribution in [1.29, 1.82) is 0 Å². The number of hydrogen-bond donors (Lipinski definition) is 1. The van der Waals surface area contributed by atoms with Crippen LogP contribution in [0.5, 0.6) is 0 Å². The second kappa shape index (κ2) is 5.05. The standard InChI is InChI=1S/C10H15NO4S/c12-9(7-1-3-15-4-2-7)11-6-16-5-8(11)10(13)14/h7-8H,1-6H2,(H,13,14). The van der Waals surface area contributed by atoms with Crippen LogP contribution >= 0.6 is 11.8 Å². The van der Waals surface area contributed by atoms with Crippen molar-refractivity contribution in [1.82, 2.24) is 4.90 Å². The third-order valence-corrected chi connectivity index (χ3v) is 4.03. The number of thioether (sulfide) groups is 1. The Balaban J connectivity index is 1.99. The normalized spacial score (nSPS) is 27.0. The fourth-order valence-corrected chi connectivity index (χ4v) is 3.20. The molecule has 2 heterocycles. The summed E-state index contributed by atoms with van der Waals surface area (Å²) in [5.74, 6) is 0.0534. The van der Waals surface area contributed by atoms with Gasteiger partial charge in [-0.1, -0.05) is 0 Å². The quantitative estimate of drug-likeness (QED) is 0.762. The van der Waals surface area contributed by atoms with Gasteiger partial charge < -0.3 is 14.7 Å². The molecule has 0 aromatic carbocycles. The number of rotatable bonds is 2. The maximum Gasteiger partial charge on any atom is 0.327 e. The van der Waals surface area contributed by atoms with E-state index in [2.05, 4.69) is 0 Å². The van der Waals surface area contributed by atoms with Crippen LogP contribution in [0.2, 0.25) is 0 Å². The molecule has 0 radical (unpaired) electrons. The largest absolute Gasteiger partial charge is 0.480 e. The zero-order valence-electron chi connectivity index (χ0n) is 8.92. The Labute approximate surface area is 98.1 Å². The predicted molar refractivity (Wildman–Crippen MR) is 59.1 cm³/mol. The van der Waals surface area contributed by atoms with Gasteiger partial charge in [-0.25, -0.2) is 4.79 Å². The van der Waals surface area contributed by atoms with Gasteiger partial charge in [0.25, 0.3) is 0 Å².